The highest BCUT2D eigenvalue weighted by Gasteiger charge is 2.30. The fourth-order valence-corrected chi connectivity index (χ4v) is 2.86. The summed E-state index contributed by atoms with van der Waals surface area (Å²) in [5.74, 6) is -2.53. The van der Waals surface area contributed by atoms with Crippen LogP contribution in [0, 0.1) is 0 Å². The fraction of sp³-hybridized carbons (Fsp3) is 0.286. The molecule has 2 aromatic rings. The minimum absolute atomic E-state index is 0.0484. The van der Waals surface area contributed by atoms with Crippen LogP contribution in [-0.2, 0) is 23.9 Å². The first-order valence-electron chi connectivity index (χ1n) is 8.34. The predicted octanol–water partition coefficient (Wildman–Crippen LogP) is 3.25. The maximum absolute atomic E-state index is 13.0. The second kappa shape index (κ2) is 9.51. The molecule has 0 bridgehead atoms. The van der Waals surface area contributed by atoms with Crippen LogP contribution in [0.25, 0.3) is 0 Å². The van der Waals surface area contributed by atoms with E-state index in [2.05, 4.69) is 0 Å². The van der Waals surface area contributed by atoms with Crippen molar-refractivity contribution in [2.75, 3.05) is 14.2 Å². The van der Waals surface area contributed by atoms with Gasteiger partial charge in [0.2, 0.25) is 0 Å². The molecule has 0 saturated heterocycles. The zero-order chi connectivity index (χ0) is 18.9. The summed E-state index contributed by atoms with van der Waals surface area (Å²) in [6, 6.07) is 18.1. The van der Waals surface area contributed by atoms with E-state index in [0.717, 1.165) is 5.56 Å². The van der Waals surface area contributed by atoms with E-state index >= 15 is 0 Å². The molecule has 136 valence electrons. The summed E-state index contributed by atoms with van der Waals surface area (Å²) in [5, 5.41) is 0. The lowest BCUT2D eigenvalue weighted by Gasteiger charge is -2.19. The molecule has 0 aromatic heterocycles. The van der Waals surface area contributed by atoms with Crippen molar-refractivity contribution in [3.63, 3.8) is 0 Å². The zero-order valence-electron chi connectivity index (χ0n) is 14.9. The van der Waals surface area contributed by atoms with Crippen LogP contribution in [0.2, 0.25) is 0 Å². The molecule has 0 heterocycles. The second-order valence-corrected chi connectivity index (χ2v) is 5.90. The van der Waals surface area contributed by atoms with Gasteiger partial charge in [0.15, 0.2) is 0 Å². The highest BCUT2D eigenvalue weighted by molar-refractivity contribution is 5.93. The van der Waals surface area contributed by atoms with E-state index in [-0.39, 0.29) is 18.6 Å². The van der Waals surface area contributed by atoms with Gasteiger partial charge < -0.3 is 9.47 Å². The van der Waals surface area contributed by atoms with Gasteiger partial charge in [-0.2, -0.15) is 0 Å². The average molecular weight is 354 g/mol. The van der Waals surface area contributed by atoms with Crippen LogP contribution >= 0.6 is 0 Å². The van der Waals surface area contributed by atoms with Crippen LogP contribution in [0.4, 0.5) is 0 Å². The van der Waals surface area contributed by atoms with Crippen molar-refractivity contribution in [3.8, 4) is 0 Å². The van der Waals surface area contributed by atoms with Gasteiger partial charge in [-0.05, 0) is 11.1 Å². The van der Waals surface area contributed by atoms with Gasteiger partial charge in [-0.1, -0.05) is 60.7 Å². The highest BCUT2D eigenvalue weighted by atomic mass is 16.5. The lowest BCUT2D eigenvalue weighted by Crippen LogP contribution is -2.23. The van der Waals surface area contributed by atoms with Crippen molar-refractivity contribution in [3.05, 3.63) is 71.8 Å². The smallest absolute Gasteiger partial charge is 0.313 e. The molecule has 26 heavy (non-hydrogen) atoms. The van der Waals surface area contributed by atoms with Crippen molar-refractivity contribution in [2.24, 2.45) is 0 Å². The first kappa shape index (κ1) is 19.4. The minimum Gasteiger partial charge on any atom is -0.469 e. The predicted molar refractivity (Wildman–Crippen MR) is 96.6 cm³/mol. The van der Waals surface area contributed by atoms with Crippen LogP contribution in [0.3, 0.4) is 0 Å². The average Bonchev–Trinajstić information content (AvgIpc) is 2.70. The number of carbonyl (C=O) groups excluding carboxylic acids is 3. The summed E-state index contributed by atoms with van der Waals surface area (Å²) in [4.78, 5) is 37.0. The van der Waals surface area contributed by atoms with Gasteiger partial charge in [-0.15, -0.1) is 0 Å². The summed E-state index contributed by atoms with van der Waals surface area (Å²) in [6.45, 7) is 0. The summed E-state index contributed by atoms with van der Waals surface area (Å²) in [7, 11) is 2.59. The quantitative estimate of drug-likeness (QED) is 0.681. The van der Waals surface area contributed by atoms with Crippen molar-refractivity contribution in [1.82, 2.24) is 0 Å². The third-order valence-electron chi connectivity index (χ3n) is 4.28. The molecule has 2 unspecified atom stereocenters. The fourth-order valence-electron chi connectivity index (χ4n) is 2.86. The molecule has 2 atom stereocenters. The van der Waals surface area contributed by atoms with Crippen LogP contribution < -0.4 is 0 Å². The SMILES string of the molecule is COC(=O)CC(C(=O)CC(C(=O)OC)c1ccccc1)c1ccccc1. The largest absolute Gasteiger partial charge is 0.469 e. The van der Waals surface area contributed by atoms with E-state index in [9.17, 15) is 14.4 Å². The molecule has 0 saturated carbocycles. The topological polar surface area (TPSA) is 69.7 Å². The first-order valence-corrected chi connectivity index (χ1v) is 8.34. The summed E-state index contributed by atoms with van der Waals surface area (Å²) < 4.78 is 9.60. The molecule has 0 N–H and O–H groups in total. The van der Waals surface area contributed by atoms with E-state index in [1.54, 1.807) is 36.4 Å². The molecule has 0 radical (unpaired) electrons. The lowest BCUT2D eigenvalue weighted by molar-refractivity contribution is -0.144. The molecule has 5 heteroatoms. The van der Waals surface area contributed by atoms with Crippen molar-refractivity contribution < 1.29 is 23.9 Å². The maximum Gasteiger partial charge on any atom is 0.313 e. The third kappa shape index (κ3) is 5.02. The number of Topliss-reactive ketones (excluding diaryl/α,β-unsaturated/α-hetero) is 1. The molecule has 0 aliphatic rings. The number of benzene rings is 2. The van der Waals surface area contributed by atoms with Gasteiger partial charge in [0.25, 0.3) is 0 Å². The lowest BCUT2D eigenvalue weighted by atomic mass is 9.84. The number of hydrogen-bond donors (Lipinski definition) is 0. The molecule has 0 aliphatic carbocycles. The van der Waals surface area contributed by atoms with Crippen LogP contribution in [-0.4, -0.2) is 31.9 Å². The second-order valence-electron chi connectivity index (χ2n) is 5.90. The molecule has 0 fully saturated rings. The molecule has 0 aliphatic heterocycles. The maximum atomic E-state index is 13.0. The molecular formula is C21H22O5. The zero-order valence-corrected chi connectivity index (χ0v) is 14.9. The molecular weight excluding hydrogens is 332 g/mol. The van der Waals surface area contributed by atoms with Crippen LogP contribution in [0.15, 0.2) is 60.7 Å². The number of methoxy groups -OCH3 is 2. The third-order valence-corrected chi connectivity index (χ3v) is 4.28. The summed E-state index contributed by atoms with van der Waals surface area (Å²) in [6.07, 6.45) is -0.116. The van der Waals surface area contributed by atoms with E-state index in [0.29, 0.717) is 5.56 Å². The number of ether oxygens (including phenoxy) is 2. The van der Waals surface area contributed by atoms with Gasteiger partial charge in [-0.25, -0.2) is 0 Å². The van der Waals surface area contributed by atoms with E-state index in [1.807, 2.05) is 24.3 Å². The molecule has 0 spiro atoms. The first-order chi connectivity index (χ1) is 12.6. The van der Waals surface area contributed by atoms with Crippen LogP contribution in [0.1, 0.15) is 35.8 Å². The van der Waals surface area contributed by atoms with Crippen LogP contribution in [0.5, 0.6) is 0 Å². The Labute approximate surface area is 152 Å². The Morgan fingerprint density at radius 3 is 1.69 bits per heavy atom. The standard InChI is InChI=1S/C21H22O5/c1-25-20(23)14-17(15-9-5-3-6-10-15)19(22)13-18(21(24)26-2)16-11-7-4-8-12-16/h3-12,17-18H,13-14H2,1-2H3. The Morgan fingerprint density at radius 2 is 1.23 bits per heavy atom. The number of carbonyl (C=O) groups is 3. The van der Waals surface area contributed by atoms with Gasteiger partial charge in [0, 0.05) is 6.42 Å². The number of ketones is 1. The monoisotopic (exact) mass is 354 g/mol. The molecule has 0 amide bonds. The van der Waals surface area contributed by atoms with E-state index in [4.69, 9.17) is 9.47 Å². The van der Waals surface area contributed by atoms with E-state index < -0.39 is 23.8 Å². The Bertz CT molecular complexity index is 740. The minimum atomic E-state index is -0.711. The van der Waals surface area contributed by atoms with E-state index in [1.165, 1.54) is 14.2 Å². The molecule has 2 aromatic carbocycles. The van der Waals surface area contributed by atoms with Gasteiger partial charge >= 0.3 is 11.9 Å². The highest BCUT2D eigenvalue weighted by Crippen LogP contribution is 2.29. The van der Waals surface area contributed by atoms with Gasteiger partial charge in [-0.3, -0.25) is 14.4 Å². The summed E-state index contributed by atoms with van der Waals surface area (Å²) in [5.41, 5.74) is 1.43. The number of rotatable bonds is 8. The van der Waals surface area contributed by atoms with Crippen molar-refractivity contribution in [1.29, 1.82) is 0 Å². The Morgan fingerprint density at radius 1 is 0.731 bits per heavy atom. The van der Waals surface area contributed by atoms with Gasteiger partial charge in [0.05, 0.1) is 32.5 Å². The Hall–Kier alpha value is -2.95. The summed E-state index contributed by atoms with van der Waals surface area (Å²) >= 11 is 0. The molecule has 5 nitrogen and oxygen atoms in total. The van der Waals surface area contributed by atoms with Crippen molar-refractivity contribution in [2.45, 2.75) is 24.7 Å². The van der Waals surface area contributed by atoms with Gasteiger partial charge in [0.1, 0.15) is 5.78 Å². The number of hydrogen-bond acceptors (Lipinski definition) is 5. The Kier molecular flexibility index (Phi) is 7.09. The normalized spacial score (nSPS) is 12.7. The Balaban J connectivity index is 2.28. The molecule has 2 rings (SSSR count). The number of esters is 2. The van der Waals surface area contributed by atoms with Crippen molar-refractivity contribution >= 4 is 17.7 Å².